The van der Waals surface area contributed by atoms with Crippen LogP contribution in [0.4, 0.5) is 0 Å². The van der Waals surface area contributed by atoms with Crippen molar-refractivity contribution in [3.8, 4) is 0 Å². The van der Waals surface area contributed by atoms with Crippen molar-refractivity contribution in [3.05, 3.63) is 0 Å². The zero-order valence-electron chi connectivity index (χ0n) is 18.1. The van der Waals surface area contributed by atoms with E-state index in [2.05, 4.69) is 47.3 Å². The molecule has 0 bridgehead atoms. The van der Waals surface area contributed by atoms with Crippen LogP contribution in [0.5, 0.6) is 0 Å². The van der Waals surface area contributed by atoms with Crippen LogP contribution in [0.15, 0.2) is 0 Å². The monoisotopic (exact) mass is 364 g/mol. The maximum atomic E-state index is 2.76. The molecule has 1 aliphatic carbocycles. The molecule has 3 rings (SSSR count). The van der Waals surface area contributed by atoms with Crippen LogP contribution in [0, 0.1) is 11.3 Å². The SMILES string of the molecule is CC(C)CC1(CN2CCN(CCCN3CCN(C(C)C)CC3)CC2)CC1. The number of rotatable bonds is 9. The lowest BCUT2D eigenvalue weighted by Gasteiger charge is -2.38. The zero-order valence-corrected chi connectivity index (χ0v) is 18.1. The Labute approximate surface area is 162 Å². The molecule has 0 aromatic carbocycles. The molecule has 2 saturated heterocycles. The fraction of sp³-hybridized carbons (Fsp3) is 1.00. The molecule has 0 atom stereocenters. The summed E-state index contributed by atoms with van der Waals surface area (Å²) in [5, 5.41) is 0. The van der Waals surface area contributed by atoms with Crippen molar-refractivity contribution in [1.29, 1.82) is 0 Å². The van der Waals surface area contributed by atoms with Gasteiger partial charge < -0.3 is 14.7 Å². The van der Waals surface area contributed by atoms with Gasteiger partial charge in [-0.3, -0.25) is 4.90 Å². The molecule has 0 N–H and O–H groups in total. The van der Waals surface area contributed by atoms with Gasteiger partial charge in [0.05, 0.1) is 0 Å². The first kappa shape index (κ1) is 20.6. The summed E-state index contributed by atoms with van der Waals surface area (Å²) < 4.78 is 0. The molecule has 2 heterocycles. The van der Waals surface area contributed by atoms with Gasteiger partial charge >= 0.3 is 0 Å². The first-order valence-corrected chi connectivity index (χ1v) is 11.4. The van der Waals surface area contributed by atoms with Crippen molar-refractivity contribution in [2.45, 2.75) is 59.4 Å². The van der Waals surface area contributed by atoms with Gasteiger partial charge in [-0.15, -0.1) is 0 Å². The molecular weight excluding hydrogens is 320 g/mol. The molecular formula is C22H44N4. The van der Waals surface area contributed by atoms with E-state index in [1.807, 2.05) is 0 Å². The minimum Gasteiger partial charge on any atom is -0.301 e. The third-order valence-electron chi connectivity index (χ3n) is 6.91. The summed E-state index contributed by atoms with van der Waals surface area (Å²) in [4.78, 5) is 10.8. The normalized spacial score (nSPS) is 26.1. The Morgan fingerprint density at radius 1 is 0.692 bits per heavy atom. The summed E-state index contributed by atoms with van der Waals surface area (Å²) in [7, 11) is 0. The summed E-state index contributed by atoms with van der Waals surface area (Å²) in [6, 6.07) is 0.712. The van der Waals surface area contributed by atoms with Crippen LogP contribution in [0.2, 0.25) is 0 Å². The van der Waals surface area contributed by atoms with Gasteiger partial charge in [0.15, 0.2) is 0 Å². The van der Waals surface area contributed by atoms with Gasteiger partial charge in [0.2, 0.25) is 0 Å². The standard InChI is InChI=1S/C22H44N4/c1-20(2)18-22(6-7-22)19-25-12-10-23(11-13-25)8-5-9-24-14-16-26(17-15-24)21(3)4/h20-21H,5-19H2,1-4H3. The van der Waals surface area contributed by atoms with Crippen LogP contribution < -0.4 is 0 Å². The second-order valence-corrected chi connectivity index (χ2v) is 10.0. The number of hydrogen-bond donors (Lipinski definition) is 0. The van der Waals surface area contributed by atoms with Crippen LogP contribution in [-0.4, -0.2) is 97.6 Å². The van der Waals surface area contributed by atoms with E-state index in [1.54, 1.807) is 0 Å². The summed E-state index contributed by atoms with van der Waals surface area (Å²) in [5.74, 6) is 0.862. The molecule has 152 valence electrons. The molecule has 1 saturated carbocycles. The zero-order chi connectivity index (χ0) is 18.6. The van der Waals surface area contributed by atoms with Gasteiger partial charge in [-0.1, -0.05) is 13.8 Å². The van der Waals surface area contributed by atoms with Gasteiger partial charge in [-0.2, -0.15) is 0 Å². The van der Waals surface area contributed by atoms with E-state index >= 15 is 0 Å². The van der Waals surface area contributed by atoms with Gasteiger partial charge in [0.25, 0.3) is 0 Å². The first-order valence-electron chi connectivity index (χ1n) is 11.4. The van der Waals surface area contributed by atoms with E-state index in [1.165, 1.54) is 97.7 Å². The largest absolute Gasteiger partial charge is 0.301 e. The average molecular weight is 365 g/mol. The summed E-state index contributed by atoms with van der Waals surface area (Å²) in [6.07, 6.45) is 5.75. The third-order valence-corrected chi connectivity index (χ3v) is 6.91. The van der Waals surface area contributed by atoms with Gasteiger partial charge in [0.1, 0.15) is 0 Å². The highest BCUT2D eigenvalue weighted by molar-refractivity contribution is 4.96. The summed E-state index contributed by atoms with van der Waals surface area (Å²) in [5.41, 5.74) is 0.703. The first-order chi connectivity index (χ1) is 12.5. The lowest BCUT2D eigenvalue weighted by atomic mass is 9.93. The van der Waals surface area contributed by atoms with Crippen LogP contribution in [0.25, 0.3) is 0 Å². The molecule has 0 aromatic heterocycles. The third kappa shape index (κ3) is 6.19. The van der Waals surface area contributed by atoms with Crippen molar-refractivity contribution >= 4 is 0 Å². The molecule has 2 aliphatic heterocycles. The summed E-state index contributed by atoms with van der Waals surface area (Å²) >= 11 is 0. The highest BCUT2D eigenvalue weighted by atomic mass is 15.3. The molecule has 0 aromatic rings. The van der Waals surface area contributed by atoms with E-state index in [-0.39, 0.29) is 0 Å². The van der Waals surface area contributed by atoms with Crippen LogP contribution in [0.3, 0.4) is 0 Å². The molecule has 26 heavy (non-hydrogen) atoms. The van der Waals surface area contributed by atoms with Crippen molar-refractivity contribution in [1.82, 2.24) is 19.6 Å². The Morgan fingerprint density at radius 2 is 1.19 bits per heavy atom. The van der Waals surface area contributed by atoms with E-state index in [9.17, 15) is 0 Å². The Balaban J connectivity index is 1.26. The van der Waals surface area contributed by atoms with Crippen LogP contribution >= 0.6 is 0 Å². The predicted octanol–water partition coefficient (Wildman–Crippen LogP) is 2.85. The molecule has 0 unspecified atom stereocenters. The minimum absolute atomic E-state index is 0.703. The Kier molecular flexibility index (Phi) is 7.40. The Hall–Kier alpha value is -0.160. The molecule has 4 nitrogen and oxygen atoms in total. The Bertz CT molecular complexity index is 402. The van der Waals surface area contributed by atoms with E-state index in [0.29, 0.717) is 11.5 Å². The molecule has 0 amide bonds. The van der Waals surface area contributed by atoms with Crippen molar-refractivity contribution in [2.24, 2.45) is 11.3 Å². The quantitative estimate of drug-likeness (QED) is 0.624. The van der Waals surface area contributed by atoms with E-state index < -0.39 is 0 Å². The van der Waals surface area contributed by atoms with Gasteiger partial charge in [0, 0.05) is 64.9 Å². The lowest BCUT2D eigenvalue weighted by Crippen LogP contribution is -2.50. The van der Waals surface area contributed by atoms with E-state index in [0.717, 1.165) is 5.92 Å². The van der Waals surface area contributed by atoms with Gasteiger partial charge in [-0.25, -0.2) is 0 Å². The average Bonchev–Trinajstić information content (AvgIpc) is 3.35. The fourth-order valence-corrected chi connectivity index (χ4v) is 5.14. The smallest absolute Gasteiger partial charge is 0.0113 e. The maximum absolute atomic E-state index is 2.76. The molecule has 3 aliphatic rings. The molecule has 4 heteroatoms. The van der Waals surface area contributed by atoms with Crippen molar-refractivity contribution in [2.75, 3.05) is 72.0 Å². The molecule has 3 fully saturated rings. The molecule has 0 spiro atoms. The van der Waals surface area contributed by atoms with Gasteiger partial charge in [-0.05, 0) is 64.0 Å². The Morgan fingerprint density at radius 3 is 1.65 bits per heavy atom. The minimum atomic E-state index is 0.703. The number of piperazine rings is 2. The topological polar surface area (TPSA) is 13.0 Å². The van der Waals surface area contributed by atoms with E-state index in [4.69, 9.17) is 0 Å². The second-order valence-electron chi connectivity index (χ2n) is 10.0. The van der Waals surface area contributed by atoms with Crippen LogP contribution in [-0.2, 0) is 0 Å². The maximum Gasteiger partial charge on any atom is 0.0113 e. The summed E-state index contributed by atoms with van der Waals surface area (Å²) in [6.45, 7) is 23.6. The lowest BCUT2D eigenvalue weighted by molar-refractivity contribution is 0.0905. The molecule has 0 radical (unpaired) electrons. The number of nitrogens with zero attached hydrogens (tertiary/aromatic N) is 4. The van der Waals surface area contributed by atoms with Crippen LogP contribution in [0.1, 0.15) is 53.4 Å². The second kappa shape index (κ2) is 9.36. The van der Waals surface area contributed by atoms with Crippen molar-refractivity contribution in [3.63, 3.8) is 0 Å². The fourth-order valence-electron chi connectivity index (χ4n) is 5.14. The predicted molar refractivity (Wildman–Crippen MR) is 112 cm³/mol. The highest BCUT2D eigenvalue weighted by Crippen LogP contribution is 2.51. The van der Waals surface area contributed by atoms with Crippen molar-refractivity contribution < 1.29 is 0 Å². The number of hydrogen-bond acceptors (Lipinski definition) is 4. The highest BCUT2D eigenvalue weighted by Gasteiger charge is 2.44.